The van der Waals surface area contributed by atoms with Gasteiger partial charge in [-0.1, -0.05) is 0 Å². The molecule has 25 heavy (non-hydrogen) atoms. The summed E-state index contributed by atoms with van der Waals surface area (Å²) in [6.45, 7) is 0. The Morgan fingerprint density at radius 2 is 1.92 bits per heavy atom. The molecule has 0 spiro atoms. The molecule has 4 heteroatoms. The first-order chi connectivity index (χ1) is 12.3. The summed E-state index contributed by atoms with van der Waals surface area (Å²) in [7, 11) is 2.28. The van der Waals surface area contributed by atoms with Gasteiger partial charge in [0.25, 0.3) is 0 Å². The lowest BCUT2D eigenvalue weighted by molar-refractivity contribution is 0.169. The van der Waals surface area contributed by atoms with Crippen LogP contribution in [0.1, 0.15) is 25.7 Å². The summed E-state index contributed by atoms with van der Waals surface area (Å²) in [5, 5.41) is 4.82. The fourth-order valence-electron chi connectivity index (χ4n) is 4.54. The molecule has 2 fully saturated rings. The molecular weight excluding hydrogens is 310 g/mol. The normalized spacial score (nSPS) is 26.2. The topological polar surface area (TPSA) is 41.3 Å². The molecule has 2 unspecified atom stereocenters. The Bertz CT molecular complexity index is 872. The van der Waals surface area contributed by atoms with Gasteiger partial charge >= 0.3 is 0 Å². The zero-order chi connectivity index (χ0) is 16.8. The maximum absolute atomic E-state index is 5.41. The molecule has 4 heterocycles. The van der Waals surface area contributed by atoms with Crippen LogP contribution in [0.25, 0.3) is 22.2 Å². The van der Waals surface area contributed by atoms with Crippen LogP contribution in [0.5, 0.6) is 0 Å². The summed E-state index contributed by atoms with van der Waals surface area (Å²) in [5.41, 5.74) is 4.16. The molecule has 2 bridgehead atoms. The van der Waals surface area contributed by atoms with Crippen molar-refractivity contribution < 1.29 is 4.42 Å². The van der Waals surface area contributed by atoms with Crippen LogP contribution in [-0.4, -0.2) is 35.1 Å². The van der Waals surface area contributed by atoms with Crippen LogP contribution in [0.3, 0.4) is 0 Å². The number of benzene rings is 1. The zero-order valence-corrected chi connectivity index (χ0v) is 14.5. The Hall–Kier alpha value is -2.33. The largest absolute Gasteiger partial charge is 0.464 e. The van der Waals surface area contributed by atoms with Crippen molar-refractivity contribution in [1.82, 2.24) is 9.88 Å². The molecule has 2 saturated heterocycles. The number of aromatic nitrogens is 1. The van der Waals surface area contributed by atoms with Gasteiger partial charge in [-0.25, -0.2) is 0 Å². The lowest BCUT2D eigenvalue weighted by atomic mass is 9.98. The number of nitrogens with one attached hydrogen (secondary N) is 1. The van der Waals surface area contributed by atoms with Gasteiger partial charge in [0.2, 0.25) is 0 Å². The summed E-state index contributed by atoms with van der Waals surface area (Å²) in [5.74, 6) is 0. The maximum atomic E-state index is 5.41. The standard InChI is InChI=1S/C21H23N3O/c1-24-18-4-5-19(24)12-17(11-18)23-16-3-6-20(22-13-16)14-2-7-21-15(10-14)8-9-25-21/h2-3,6-10,13,17-19,23H,4-5,11-12H2,1H3. The SMILES string of the molecule is CN1C2CCC1CC(Nc1ccc(-c3ccc4occc4c3)nc1)C2. The van der Waals surface area contributed by atoms with Gasteiger partial charge < -0.3 is 14.6 Å². The fourth-order valence-corrected chi connectivity index (χ4v) is 4.54. The van der Waals surface area contributed by atoms with Crippen molar-refractivity contribution in [2.45, 2.75) is 43.8 Å². The molecular formula is C21H23N3O. The van der Waals surface area contributed by atoms with Crippen LogP contribution in [0, 0.1) is 0 Å². The van der Waals surface area contributed by atoms with E-state index in [0.29, 0.717) is 6.04 Å². The van der Waals surface area contributed by atoms with Crippen molar-refractivity contribution >= 4 is 16.7 Å². The number of rotatable bonds is 3. The molecule has 2 atom stereocenters. The Kier molecular flexibility index (Phi) is 3.52. The van der Waals surface area contributed by atoms with Crippen LogP contribution < -0.4 is 5.32 Å². The number of pyridine rings is 1. The summed E-state index contributed by atoms with van der Waals surface area (Å²) in [6, 6.07) is 14.5. The highest BCUT2D eigenvalue weighted by Crippen LogP contribution is 2.35. The van der Waals surface area contributed by atoms with Crippen molar-refractivity contribution in [2.24, 2.45) is 0 Å². The maximum Gasteiger partial charge on any atom is 0.133 e. The molecule has 1 aromatic carbocycles. The Morgan fingerprint density at radius 3 is 2.68 bits per heavy atom. The molecule has 0 saturated carbocycles. The second kappa shape index (κ2) is 5.88. The number of nitrogens with zero attached hydrogens (tertiary/aromatic N) is 2. The van der Waals surface area contributed by atoms with Gasteiger partial charge in [-0.05, 0) is 69.1 Å². The Labute approximate surface area is 147 Å². The first-order valence-corrected chi connectivity index (χ1v) is 9.18. The number of fused-ring (bicyclic) bond motifs is 3. The highest BCUT2D eigenvalue weighted by Gasteiger charge is 2.38. The van der Waals surface area contributed by atoms with E-state index in [1.807, 2.05) is 18.3 Å². The summed E-state index contributed by atoms with van der Waals surface area (Å²) in [6.07, 6.45) is 8.89. The number of hydrogen-bond donors (Lipinski definition) is 1. The van der Waals surface area contributed by atoms with Crippen LogP contribution >= 0.6 is 0 Å². The van der Waals surface area contributed by atoms with Crippen molar-refractivity contribution in [3.63, 3.8) is 0 Å². The smallest absolute Gasteiger partial charge is 0.133 e. The second-order valence-corrected chi connectivity index (χ2v) is 7.47. The van der Waals surface area contributed by atoms with Gasteiger partial charge in [0, 0.05) is 29.1 Å². The number of anilines is 1. The third-order valence-electron chi connectivity index (χ3n) is 5.98. The Balaban J connectivity index is 1.31. The predicted octanol–water partition coefficient (Wildman–Crippen LogP) is 4.53. The molecule has 2 aliphatic heterocycles. The molecule has 5 rings (SSSR count). The first kappa shape index (κ1) is 15.0. The minimum Gasteiger partial charge on any atom is -0.464 e. The lowest BCUT2D eigenvalue weighted by Gasteiger charge is -2.37. The zero-order valence-electron chi connectivity index (χ0n) is 14.5. The number of piperidine rings is 1. The number of furan rings is 1. The van der Waals surface area contributed by atoms with Gasteiger partial charge in [0.05, 0.1) is 23.8 Å². The molecule has 2 aliphatic rings. The quantitative estimate of drug-likeness (QED) is 0.764. The lowest BCUT2D eigenvalue weighted by Crippen LogP contribution is -2.44. The van der Waals surface area contributed by atoms with Crippen LogP contribution in [0.4, 0.5) is 5.69 Å². The van der Waals surface area contributed by atoms with E-state index in [1.165, 1.54) is 25.7 Å². The molecule has 0 aliphatic carbocycles. The molecule has 0 radical (unpaired) electrons. The minimum atomic E-state index is 0.573. The molecule has 4 nitrogen and oxygen atoms in total. The van der Waals surface area contributed by atoms with Crippen LogP contribution in [-0.2, 0) is 0 Å². The monoisotopic (exact) mass is 333 g/mol. The van der Waals surface area contributed by atoms with Crippen molar-refractivity contribution in [2.75, 3.05) is 12.4 Å². The average Bonchev–Trinajstić information content (AvgIpc) is 3.16. The van der Waals surface area contributed by atoms with Gasteiger partial charge in [-0.15, -0.1) is 0 Å². The molecule has 128 valence electrons. The Morgan fingerprint density at radius 1 is 1.08 bits per heavy atom. The summed E-state index contributed by atoms with van der Waals surface area (Å²) >= 11 is 0. The molecule has 2 aromatic heterocycles. The average molecular weight is 333 g/mol. The van der Waals surface area contributed by atoms with E-state index in [4.69, 9.17) is 4.42 Å². The van der Waals surface area contributed by atoms with Crippen LogP contribution in [0.15, 0.2) is 53.3 Å². The summed E-state index contributed by atoms with van der Waals surface area (Å²) in [4.78, 5) is 7.25. The van der Waals surface area contributed by atoms with Crippen molar-refractivity contribution in [1.29, 1.82) is 0 Å². The van der Waals surface area contributed by atoms with Crippen molar-refractivity contribution in [3.05, 3.63) is 48.9 Å². The van der Waals surface area contributed by atoms with E-state index >= 15 is 0 Å². The molecule has 0 amide bonds. The van der Waals surface area contributed by atoms with E-state index in [2.05, 4.69) is 46.5 Å². The van der Waals surface area contributed by atoms with Gasteiger partial charge in [0.1, 0.15) is 5.58 Å². The van der Waals surface area contributed by atoms with E-state index in [9.17, 15) is 0 Å². The van der Waals surface area contributed by atoms with Crippen LogP contribution in [0.2, 0.25) is 0 Å². The minimum absolute atomic E-state index is 0.573. The highest BCUT2D eigenvalue weighted by molar-refractivity contribution is 5.82. The molecule has 1 N–H and O–H groups in total. The second-order valence-electron chi connectivity index (χ2n) is 7.47. The number of hydrogen-bond acceptors (Lipinski definition) is 4. The van der Waals surface area contributed by atoms with Crippen molar-refractivity contribution in [3.8, 4) is 11.3 Å². The fraction of sp³-hybridized carbons (Fsp3) is 0.381. The van der Waals surface area contributed by atoms with E-state index < -0.39 is 0 Å². The predicted molar refractivity (Wildman–Crippen MR) is 101 cm³/mol. The van der Waals surface area contributed by atoms with E-state index in [-0.39, 0.29) is 0 Å². The van der Waals surface area contributed by atoms with Gasteiger partial charge in [0.15, 0.2) is 0 Å². The van der Waals surface area contributed by atoms with Gasteiger partial charge in [-0.3, -0.25) is 4.98 Å². The van der Waals surface area contributed by atoms with E-state index in [0.717, 1.165) is 40.0 Å². The van der Waals surface area contributed by atoms with Gasteiger partial charge in [-0.2, -0.15) is 0 Å². The van der Waals surface area contributed by atoms with E-state index in [1.54, 1.807) is 6.26 Å². The third kappa shape index (κ3) is 2.71. The molecule has 3 aromatic rings. The summed E-state index contributed by atoms with van der Waals surface area (Å²) < 4.78 is 5.41. The third-order valence-corrected chi connectivity index (χ3v) is 5.98. The first-order valence-electron chi connectivity index (χ1n) is 9.18. The highest BCUT2D eigenvalue weighted by atomic mass is 16.3.